The Hall–Kier alpha value is -3.63. The second-order valence-corrected chi connectivity index (χ2v) is 13.9. The van der Waals surface area contributed by atoms with Gasteiger partial charge in [-0.3, -0.25) is 19.4 Å². The third-order valence-corrected chi connectivity index (χ3v) is 10.6. The SMILES string of the molecule is O=C(c1ccc(C(=O)N2C[C@@H](CCl)c3c2cc(OP(=O)(O)O)c2ccccc32)s1)N1C[C@@H](CCl)c2c1cc(O)c1ccccc21. The first-order valence-electron chi connectivity index (χ1n) is 14.0. The van der Waals surface area contributed by atoms with Gasteiger partial charge in [0.2, 0.25) is 0 Å². The Morgan fingerprint density at radius 2 is 1.24 bits per heavy atom. The summed E-state index contributed by atoms with van der Waals surface area (Å²) in [6, 6.07) is 20.7. The fourth-order valence-corrected chi connectivity index (χ4v) is 8.33. The molecule has 0 unspecified atom stereocenters. The molecule has 3 N–H and O–H groups in total. The van der Waals surface area contributed by atoms with Gasteiger partial charge in [-0.2, -0.15) is 0 Å². The minimum Gasteiger partial charge on any atom is -0.507 e. The van der Waals surface area contributed by atoms with Gasteiger partial charge < -0.3 is 19.4 Å². The highest BCUT2D eigenvalue weighted by atomic mass is 35.5. The number of hydrogen-bond acceptors (Lipinski definition) is 6. The first-order chi connectivity index (χ1) is 21.6. The molecule has 3 heterocycles. The normalized spacial score (nSPS) is 17.6. The number of carbonyl (C=O) groups is 2. The van der Waals surface area contributed by atoms with Gasteiger partial charge in [-0.15, -0.1) is 34.5 Å². The summed E-state index contributed by atoms with van der Waals surface area (Å²) >= 11 is 13.8. The zero-order valence-corrected chi connectivity index (χ0v) is 26.6. The molecule has 0 aliphatic carbocycles. The van der Waals surface area contributed by atoms with Gasteiger partial charge in [0.15, 0.2) is 0 Å². The second-order valence-electron chi connectivity index (χ2n) is 11.0. The standard InChI is InChI=1S/C32H25Cl2N2O7PS/c33-13-17-15-35(23-11-25(37)19-5-1-3-7-21(19)29(17)23)31(38)27-9-10-28(45-27)32(39)36-16-18(14-34)30-22-8-4-2-6-20(22)26(12-24(30)36)43-44(40,41)42/h1-12,17-18,37H,13-16H2,(H2,40,41,42)/t17-,18-/m1/s1. The third-order valence-electron chi connectivity index (χ3n) is 8.38. The quantitative estimate of drug-likeness (QED) is 0.128. The molecule has 230 valence electrons. The molecule has 2 amide bonds. The van der Waals surface area contributed by atoms with E-state index in [-0.39, 0.29) is 53.5 Å². The van der Waals surface area contributed by atoms with E-state index in [0.29, 0.717) is 43.8 Å². The van der Waals surface area contributed by atoms with Crippen molar-refractivity contribution in [1.29, 1.82) is 0 Å². The number of fused-ring (bicyclic) bond motifs is 6. The number of aromatic hydroxyl groups is 1. The summed E-state index contributed by atoms with van der Waals surface area (Å²) in [6.07, 6.45) is 0. The summed E-state index contributed by atoms with van der Waals surface area (Å²) < 4.78 is 16.8. The molecular weight excluding hydrogens is 658 g/mol. The zero-order chi connectivity index (χ0) is 31.6. The maximum atomic E-state index is 14.0. The van der Waals surface area contributed by atoms with Crippen molar-refractivity contribution in [3.63, 3.8) is 0 Å². The lowest BCUT2D eigenvalue weighted by molar-refractivity contribution is 0.0986. The van der Waals surface area contributed by atoms with Crippen LogP contribution < -0.4 is 14.3 Å². The number of phenols is 1. The fourth-order valence-electron chi connectivity index (χ4n) is 6.51. The molecule has 2 atom stereocenters. The van der Waals surface area contributed by atoms with Crippen molar-refractivity contribution in [2.45, 2.75) is 11.8 Å². The van der Waals surface area contributed by atoms with Gasteiger partial charge in [-0.25, -0.2) is 4.57 Å². The number of amides is 2. The average Bonchev–Trinajstić information content (AvgIpc) is 3.76. The van der Waals surface area contributed by atoms with E-state index >= 15 is 0 Å². The van der Waals surface area contributed by atoms with E-state index in [4.69, 9.17) is 27.7 Å². The number of carbonyl (C=O) groups excluding carboxylic acids is 2. The molecule has 1 aromatic heterocycles. The lowest BCUT2D eigenvalue weighted by Crippen LogP contribution is -2.30. The second kappa shape index (κ2) is 11.3. The number of nitrogens with zero attached hydrogens (tertiary/aromatic N) is 2. The molecule has 7 rings (SSSR count). The Labute approximate surface area is 271 Å². The van der Waals surface area contributed by atoms with E-state index in [1.165, 1.54) is 11.0 Å². The molecule has 45 heavy (non-hydrogen) atoms. The maximum Gasteiger partial charge on any atom is 0.524 e. The number of alkyl halides is 2. The molecule has 0 saturated carbocycles. The molecule has 2 aliphatic rings. The van der Waals surface area contributed by atoms with Crippen LogP contribution in [0.1, 0.15) is 42.3 Å². The van der Waals surface area contributed by atoms with Crippen LogP contribution in [0.2, 0.25) is 0 Å². The molecule has 0 spiro atoms. The average molecular weight is 684 g/mol. The smallest absolute Gasteiger partial charge is 0.507 e. The molecule has 0 saturated heterocycles. The van der Waals surface area contributed by atoms with Crippen LogP contribution in [0.15, 0.2) is 72.8 Å². The van der Waals surface area contributed by atoms with Gasteiger partial charge in [0, 0.05) is 59.6 Å². The van der Waals surface area contributed by atoms with Gasteiger partial charge in [-0.05, 0) is 34.0 Å². The molecule has 0 fully saturated rings. The van der Waals surface area contributed by atoms with Crippen LogP contribution >= 0.6 is 42.4 Å². The third kappa shape index (κ3) is 5.06. The summed E-state index contributed by atoms with van der Waals surface area (Å²) in [5.74, 6) is -0.549. The van der Waals surface area contributed by atoms with Crippen molar-refractivity contribution >= 4 is 87.1 Å². The number of phenolic OH excluding ortho intramolecular Hbond substituents is 1. The summed E-state index contributed by atoms with van der Waals surface area (Å²) in [6.45, 7) is 0.573. The number of halogens is 2. The van der Waals surface area contributed by atoms with Gasteiger partial charge >= 0.3 is 7.82 Å². The van der Waals surface area contributed by atoms with Crippen LogP contribution in [0.3, 0.4) is 0 Å². The summed E-state index contributed by atoms with van der Waals surface area (Å²) in [5.41, 5.74) is 2.72. The van der Waals surface area contributed by atoms with Crippen LogP contribution in [0, 0.1) is 0 Å². The van der Waals surface area contributed by atoms with Gasteiger partial charge in [0.1, 0.15) is 11.5 Å². The molecule has 0 radical (unpaired) electrons. The molecule has 13 heteroatoms. The van der Waals surface area contributed by atoms with Crippen molar-refractivity contribution < 1.29 is 33.6 Å². The predicted octanol–water partition coefficient (Wildman–Crippen LogP) is 7.20. The molecular formula is C32H25Cl2N2O7PS. The Balaban J connectivity index is 1.24. The Bertz CT molecular complexity index is 2080. The van der Waals surface area contributed by atoms with Crippen molar-refractivity contribution in [3.05, 3.63) is 93.7 Å². The summed E-state index contributed by atoms with van der Waals surface area (Å²) in [7, 11) is -4.90. The minimum absolute atomic E-state index is 0.0509. The molecule has 0 bridgehead atoms. The van der Waals surface area contributed by atoms with Gasteiger partial charge in [0.25, 0.3) is 11.8 Å². The monoisotopic (exact) mass is 682 g/mol. The highest BCUT2D eigenvalue weighted by Crippen LogP contribution is 2.50. The van der Waals surface area contributed by atoms with Crippen molar-refractivity contribution in [2.24, 2.45) is 0 Å². The number of benzene rings is 4. The largest absolute Gasteiger partial charge is 0.524 e. The first kappa shape index (κ1) is 30.0. The summed E-state index contributed by atoms with van der Waals surface area (Å²) in [5, 5.41) is 13.5. The van der Waals surface area contributed by atoms with Gasteiger partial charge in [-0.1, -0.05) is 48.5 Å². The van der Waals surface area contributed by atoms with E-state index in [9.17, 15) is 29.0 Å². The fraction of sp³-hybridized carbons (Fsp3) is 0.188. The Kier molecular flexibility index (Phi) is 7.55. The van der Waals surface area contributed by atoms with E-state index in [1.54, 1.807) is 47.4 Å². The van der Waals surface area contributed by atoms with Crippen molar-refractivity contribution in [2.75, 3.05) is 34.6 Å². The van der Waals surface area contributed by atoms with Crippen molar-refractivity contribution in [3.8, 4) is 11.5 Å². The van der Waals surface area contributed by atoms with Crippen LogP contribution in [-0.4, -0.2) is 51.6 Å². The number of thiophene rings is 1. The number of anilines is 2. The summed E-state index contributed by atoms with van der Waals surface area (Å²) in [4.78, 5) is 50.7. The molecule has 9 nitrogen and oxygen atoms in total. The maximum absolute atomic E-state index is 14.0. The van der Waals surface area contributed by atoms with Crippen molar-refractivity contribution in [1.82, 2.24) is 0 Å². The van der Waals surface area contributed by atoms with E-state index < -0.39 is 7.82 Å². The zero-order valence-electron chi connectivity index (χ0n) is 23.4. The van der Waals surface area contributed by atoms with E-state index in [1.807, 2.05) is 24.3 Å². The first-order valence-corrected chi connectivity index (χ1v) is 17.4. The number of phosphoric ester groups is 1. The van der Waals surface area contributed by atoms with E-state index in [0.717, 1.165) is 27.8 Å². The number of phosphoric acid groups is 1. The van der Waals surface area contributed by atoms with Gasteiger partial charge in [0.05, 0.1) is 21.1 Å². The lowest BCUT2D eigenvalue weighted by atomic mass is 9.95. The molecule has 2 aliphatic heterocycles. The minimum atomic E-state index is -4.90. The number of hydrogen-bond donors (Lipinski definition) is 3. The number of rotatable bonds is 6. The predicted molar refractivity (Wildman–Crippen MR) is 177 cm³/mol. The highest BCUT2D eigenvalue weighted by molar-refractivity contribution is 7.46. The van der Waals surface area contributed by atoms with Crippen LogP contribution in [-0.2, 0) is 4.57 Å². The topological polar surface area (TPSA) is 128 Å². The van der Waals surface area contributed by atoms with Crippen LogP contribution in [0.4, 0.5) is 11.4 Å². The lowest BCUT2D eigenvalue weighted by Gasteiger charge is -2.19. The highest BCUT2D eigenvalue weighted by Gasteiger charge is 2.38. The van der Waals surface area contributed by atoms with E-state index in [2.05, 4.69) is 0 Å². The van der Waals surface area contributed by atoms with Crippen LogP contribution in [0.25, 0.3) is 21.5 Å². The Morgan fingerprint density at radius 3 is 1.76 bits per heavy atom. The molecule has 4 aromatic carbocycles. The Morgan fingerprint density at radius 1 is 0.778 bits per heavy atom. The molecule has 5 aromatic rings. The van der Waals surface area contributed by atoms with Crippen LogP contribution in [0.5, 0.6) is 11.5 Å².